The van der Waals surface area contributed by atoms with Crippen LogP contribution in [0, 0.1) is 0 Å². The fourth-order valence-electron chi connectivity index (χ4n) is 2.16. The minimum absolute atomic E-state index is 0.0901. The van der Waals surface area contributed by atoms with E-state index in [-0.39, 0.29) is 5.91 Å². The molecule has 0 unspecified atom stereocenters. The van der Waals surface area contributed by atoms with Gasteiger partial charge < -0.3 is 14.8 Å². The van der Waals surface area contributed by atoms with Crippen molar-refractivity contribution in [3.8, 4) is 11.5 Å². The number of ether oxygens (including phenoxy) is 2. The number of rotatable bonds is 8. The number of carbonyl (C=O) groups excluding carboxylic acids is 1. The molecule has 1 amide bonds. The molecule has 0 saturated carbocycles. The van der Waals surface area contributed by atoms with Crippen LogP contribution in [0.4, 0.5) is 0 Å². The Morgan fingerprint density at radius 2 is 1.83 bits per heavy atom. The van der Waals surface area contributed by atoms with Gasteiger partial charge in [-0.05, 0) is 55.8 Å². The van der Waals surface area contributed by atoms with Gasteiger partial charge in [0.25, 0.3) is 5.91 Å². The average Bonchev–Trinajstić information content (AvgIpc) is 2.60. The Kier molecular flexibility index (Phi) is 6.94. The van der Waals surface area contributed by atoms with Gasteiger partial charge in [0.05, 0.1) is 6.61 Å². The highest BCUT2D eigenvalue weighted by molar-refractivity contribution is 6.30. The zero-order valence-electron chi connectivity index (χ0n) is 14.0. The van der Waals surface area contributed by atoms with Crippen molar-refractivity contribution < 1.29 is 14.3 Å². The maximum absolute atomic E-state index is 12.1. The molecule has 0 atom stereocenters. The molecule has 0 aliphatic rings. The van der Waals surface area contributed by atoms with E-state index < -0.39 is 0 Å². The summed E-state index contributed by atoms with van der Waals surface area (Å²) in [5, 5.41) is 3.53. The highest BCUT2D eigenvalue weighted by Crippen LogP contribution is 2.23. The Morgan fingerprint density at radius 1 is 1.08 bits per heavy atom. The van der Waals surface area contributed by atoms with E-state index in [0.717, 1.165) is 17.7 Å². The molecule has 0 spiro atoms. The zero-order valence-corrected chi connectivity index (χ0v) is 14.7. The van der Waals surface area contributed by atoms with E-state index in [4.69, 9.17) is 21.1 Å². The number of benzene rings is 2. The van der Waals surface area contributed by atoms with Gasteiger partial charge in [-0.25, -0.2) is 0 Å². The van der Waals surface area contributed by atoms with Crippen LogP contribution < -0.4 is 14.8 Å². The Hall–Kier alpha value is -2.20. The van der Waals surface area contributed by atoms with Gasteiger partial charge in [-0.15, -0.1) is 0 Å². The third-order valence-electron chi connectivity index (χ3n) is 3.37. The van der Waals surface area contributed by atoms with Crippen molar-refractivity contribution in [3.63, 3.8) is 0 Å². The van der Waals surface area contributed by atoms with Crippen LogP contribution in [0.25, 0.3) is 0 Å². The van der Waals surface area contributed by atoms with Gasteiger partial charge in [-0.3, -0.25) is 4.79 Å². The first-order chi connectivity index (χ1) is 11.6. The SMILES string of the molecule is CCCNC(=O)c1ccc(OCC)c(COc2ccc(Cl)cc2)c1. The van der Waals surface area contributed by atoms with Crippen LogP contribution in [0.15, 0.2) is 42.5 Å². The minimum Gasteiger partial charge on any atom is -0.493 e. The lowest BCUT2D eigenvalue weighted by Crippen LogP contribution is -2.24. The van der Waals surface area contributed by atoms with Crippen molar-refractivity contribution in [1.29, 1.82) is 0 Å². The van der Waals surface area contributed by atoms with Crippen LogP contribution in [0.2, 0.25) is 5.02 Å². The van der Waals surface area contributed by atoms with Crippen LogP contribution in [-0.2, 0) is 6.61 Å². The largest absolute Gasteiger partial charge is 0.493 e. The molecular weight excluding hydrogens is 326 g/mol. The Bertz CT molecular complexity index is 671. The molecule has 0 saturated heterocycles. The van der Waals surface area contributed by atoms with E-state index in [9.17, 15) is 4.79 Å². The van der Waals surface area contributed by atoms with Crippen molar-refractivity contribution >= 4 is 17.5 Å². The summed E-state index contributed by atoms with van der Waals surface area (Å²) < 4.78 is 11.4. The summed E-state index contributed by atoms with van der Waals surface area (Å²) in [6, 6.07) is 12.5. The molecule has 4 nitrogen and oxygen atoms in total. The molecule has 5 heteroatoms. The zero-order chi connectivity index (χ0) is 17.4. The lowest BCUT2D eigenvalue weighted by molar-refractivity contribution is 0.0953. The van der Waals surface area contributed by atoms with Gasteiger partial charge in [-0.2, -0.15) is 0 Å². The molecule has 0 aliphatic heterocycles. The second-order valence-electron chi connectivity index (χ2n) is 5.25. The molecule has 0 fully saturated rings. The van der Waals surface area contributed by atoms with Crippen molar-refractivity contribution in [3.05, 3.63) is 58.6 Å². The summed E-state index contributed by atoms with van der Waals surface area (Å²) >= 11 is 5.87. The summed E-state index contributed by atoms with van der Waals surface area (Å²) in [7, 11) is 0. The maximum atomic E-state index is 12.1. The standard InChI is InChI=1S/C19H22ClNO3/c1-3-11-21-19(22)14-5-10-18(23-4-2)15(12-14)13-24-17-8-6-16(20)7-9-17/h5-10,12H,3-4,11,13H2,1-2H3,(H,21,22). The van der Waals surface area contributed by atoms with Crippen molar-refractivity contribution in [2.75, 3.05) is 13.2 Å². The summed E-state index contributed by atoms with van der Waals surface area (Å²) in [6.45, 7) is 5.46. The van der Waals surface area contributed by atoms with Crippen molar-refractivity contribution in [2.24, 2.45) is 0 Å². The second-order valence-corrected chi connectivity index (χ2v) is 5.69. The molecule has 2 rings (SSSR count). The van der Waals surface area contributed by atoms with Crippen LogP contribution in [0.1, 0.15) is 36.2 Å². The normalized spacial score (nSPS) is 10.3. The van der Waals surface area contributed by atoms with Gasteiger partial charge >= 0.3 is 0 Å². The van der Waals surface area contributed by atoms with Crippen molar-refractivity contribution in [1.82, 2.24) is 5.32 Å². The maximum Gasteiger partial charge on any atom is 0.251 e. The number of nitrogens with one attached hydrogen (secondary N) is 1. The Morgan fingerprint density at radius 3 is 2.50 bits per heavy atom. The predicted octanol–water partition coefficient (Wildman–Crippen LogP) is 4.46. The highest BCUT2D eigenvalue weighted by atomic mass is 35.5. The molecule has 1 N–H and O–H groups in total. The monoisotopic (exact) mass is 347 g/mol. The van der Waals surface area contributed by atoms with Gasteiger partial charge in [-0.1, -0.05) is 18.5 Å². The van der Waals surface area contributed by atoms with Crippen LogP contribution in [-0.4, -0.2) is 19.1 Å². The first-order valence-corrected chi connectivity index (χ1v) is 8.44. The highest BCUT2D eigenvalue weighted by Gasteiger charge is 2.11. The number of hydrogen-bond donors (Lipinski definition) is 1. The minimum atomic E-state index is -0.0901. The summed E-state index contributed by atoms with van der Waals surface area (Å²) in [6.07, 6.45) is 0.898. The topological polar surface area (TPSA) is 47.6 Å². The average molecular weight is 348 g/mol. The molecular formula is C19H22ClNO3. The smallest absolute Gasteiger partial charge is 0.251 e. The second kappa shape index (κ2) is 9.18. The van der Waals surface area contributed by atoms with Crippen LogP contribution in [0.3, 0.4) is 0 Å². The van der Waals surface area contributed by atoms with Gasteiger partial charge in [0, 0.05) is 22.7 Å². The van der Waals surface area contributed by atoms with Crippen molar-refractivity contribution in [2.45, 2.75) is 26.9 Å². The molecule has 0 aliphatic carbocycles. The fraction of sp³-hybridized carbons (Fsp3) is 0.316. The number of halogens is 1. The molecule has 0 heterocycles. The molecule has 0 bridgehead atoms. The molecule has 128 valence electrons. The van der Waals surface area contributed by atoms with Gasteiger partial charge in [0.2, 0.25) is 0 Å². The molecule has 2 aromatic rings. The number of carbonyl (C=O) groups is 1. The summed E-state index contributed by atoms with van der Waals surface area (Å²) in [5.74, 6) is 1.34. The third-order valence-corrected chi connectivity index (χ3v) is 3.62. The lowest BCUT2D eigenvalue weighted by atomic mass is 10.1. The van der Waals surface area contributed by atoms with Crippen LogP contribution in [0.5, 0.6) is 11.5 Å². The van der Waals surface area contributed by atoms with E-state index in [1.807, 2.05) is 26.0 Å². The fourth-order valence-corrected chi connectivity index (χ4v) is 2.29. The van der Waals surface area contributed by atoms with E-state index in [1.165, 1.54) is 0 Å². The molecule has 0 radical (unpaired) electrons. The Balaban J connectivity index is 2.14. The van der Waals surface area contributed by atoms with Gasteiger partial charge in [0.1, 0.15) is 18.1 Å². The summed E-state index contributed by atoms with van der Waals surface area (Å²) in [5.41, 5.74) is 1.43. The van der Waals surface area contributed by atoms with Crippen LogP contribution >= 0.6 is 11.6 Å². The first kappa shape index (κ1) is 18.1. The number of amides is 1. The summed E-state index contributed by atoms with van der Waals surface area (Å²) in [4.78, 5) is 12.1. The van der Waals surface area contributed by atoms with E-state index in [0.29, 0.717) is 36.1 Å². The number of hydrogen-bond acceptors (Lipinski definition) is 3. The molecule has 2 aromatic carbocycles. The predicted molar refractivity (Wildman–Crippen MR) is 96.0 cm³/mol. The first-order valence-electron chi connectivity index (χ1n) is 8.06. The van der Waals surface area contributed by atoms with E-state index >= 15 is 0 Å². The van der Waals surface area contributed by atoms with Gasteiger partial charge in [0.15, 0.2) is 0 Å². The Labute approximate surface area is 147 Å². The molecule has 0 aromatic heterocycles. The lowest BCUT2D eigenvalue weighted by Gasteiger charge is -2.13. The quantitative estimate of drug-likeness (QED) is 0.767. The molecule has 24 heavy (non-hydrogen) atoms. The van der Waals surface area contributed by atoms with E-state index in [1.54, 1.807) is 30.3 Å². The van der Waals surface area contributed by atoms with E-state index in [2.05, 4.69) is 5.32 Å². The third kappa shape index (κ3) is 5.17.